The van der Waals surface area contributed by atoms with Gasteiger partial charge in [0.15, 0.2) is 0 Å². The van der Waals surface area contributed by atoms with Crippen molar-refractivity contribution in [2.75, 3.05) is 32.8 Å². The number of nitrogens with zero attached hydrogens (tertiary/aromatic N) is 1. The molecule has 5 nitrogen and oxygen atoms in total. The van der Waals surface area contributed by atoms with E-state index in [4.69, 9.17) is 9.52 Å². The van der Waals surface area contributed by atoms with E-state index in [1.54, 1.807) is 0 Å². The molecule has 5 heteroatoms. The molecule has 2 aromatic rings. The summed E-state index contributed by atoms with van der Waals surface area (Å²) in [5.41, 5.74) is 2.50. The molecule has 1 heterocycles. The van der Waals surface area contributed by atoms with Gasteiger partial charge in [0, 0.05) is 25.0 Å². The average molecular weight is 304 g/mol. The lowest BCUT2D eigenvalue weighted by Gasteiger charge is -2.18. The van der Waals surface area contributed by atoms with Crippen LogP contribution in [0.3, 0.4) is 0 Å². The highest BCUT2D eigenvalue weighted by Crippen LogP contribution is 2.22. The van der Waals surface area contributed by atoms with Crippen molar-refractivity contribution in [3.8, 4) is 0 Å². The van der Waals surface area contributed by atoms with Crippen LogP contribution in [0.25, 0.3) is 11.0 Å². The minimum Gasteiger partial charge on any atom is -0.463 e. The van der Waals surface area contributed by atoms with E-state index in [0.717, 1.165) is 30.5 Å². The number of rotatable bonds is 8. The van der Waals surface area contributed by atoms with Crippen LogP contribution >= 0.6 is 0 Å². The zero-order valence-corrected chi connectivity index (χ0v) is 13.3. The Morgan fingerprint density at radius 2 is 2.14 bits per heavy atom. The second kappa shape index (κ2) is 7.96. The molecular weight excluding hydrogens is 280 g/mol. The topological polar surface area (TPSA) is 65.7 Å². The van der Waals surface area contributed by atoms with Crippen LogP contribution in [0, 0.1) is 0 Å². The lowest BCUT2D eigenvalue weighted by Crippen LogP contribution is -2.36. The van der Waals surface area contributed by atoms with Gasteiger partial charge in [0.1, 0.15) is 11.8 Å². The number of aliphatic hydroxyl groups excluding tert-OH is 1. The number of hydrogen-bond donors (Lipinski definition) is 2. The molecule has 0 saturated heterocycles. The van der Waals surface area contributed by atoms with Crippen molar-refractivity contribution in [1.82, 2.24) is 10.2 Å². The predicted octanol–water partition coefficient (Wildman–Crippen LogP) is 2.04. The highest BCUT2D eigenvalue weighted by Gasteiger charge is 2.14. The summed E-state index contributed by atoms with van der Waals surface area (Å²) in [7, 11) is 0. The van der Waals surface area contributed by atoms with Gasteiger partial charge in [-0.3, -0.25) is 9.69 Å². The number of aliphatic hydroxyl groups is 1. The van der Waals surface area contributed by atoms with Crippen LogP contribution in [0.1, 0.15) is 29.8 Å². The van der Waals surface area contributed by atoms with Gasteiger partial charge in [-0.25, -0.2) is 0 Å². The van der Waals surface area contributed by atoms with E-state index < -0.39 is 0 Å². The van der Waals surface area contributed by atoms with Crippen molar-refractivity contribution in [1.29, 1.82) is 0 Å². The van der Waals surface area contributed by atoms with Gasteiger partial charge in [0.2, 0.25) is 0 Å². The third-order valence-electron chi connectivity index (χ3n) is 3.87. The van der Waals surface area contributed by atoms with E-state index in [2.05, 4.69) is 17.1 Å². The standard InChI is InChI=1S/C17H24N2O3/c1-3-13-5-6-16-14(11-13)15(12-22-16)17(21)18-7-8-19(4-2)9-10-20/h5-6,11-12,20H,3-4,7-10H2,1-2H3,(H,18,21). The van der Waals surface area contributed by atoms with Crippen molar-refractivity contribution in [2.45, 2.75) is 20.3 Å². The molecule has 0 aliphatic carbocycles. The summed E-state index contributed by atoms with van der Waals surface area (Å²) in [4.78, 5) is 14.4. The number of furan rings is 1. The first-order valence-corrected chi connectivity index (χ1v) is 7.81. The minimum atomic E-state index is -0.118. The zero-order chi connectivity index (χ0) is 15.9. The number of likely N-dealkylation sites (N-methyl/N-ethyl adjacent to an activating group) is 1. The van der Waals surface area contributed by atoms with Gasteiger partial charge >= 0.3 is 0 Å². The third-order valence-corrected chi connectivity index (χ3v) is 3.87. The summed E-state index contributed by atoms with van der Waals surface area (Å²) in [6.07, 6.45) is 2.44. The van der Waals surface area contributed by atoms with E-state index in [0.29, 0.717) is 18.7 Å². The highest BCUT2D eigenvalue weighted by molar-refractivity contribution is 6.06. The molecule has 0 saturated carbocycles. The molecule has 0 atom stereocenters. The number of aryl methyl sites for hydroxylation is 1. The van der Waals surface area contributed by atoms with E-state index in [1.165, 1.54) is 11.8 Å². The second-order valence-electron chi connectivity index (χ2n) is 5.25. The Bertz CT molecular complexity index is 621. The molecule has 1 aromatic heterocycles. The van der Waals surface area contributed by atoms with Gasteiger partial charge in [0.05, 0.1) is 12.2 Å². The van der Waals surface area contributed by atoms with Gasteiger partial charge in [-0.15, -0.1) is 0 Å². The van der Waals surface area contributed by atoms with E-state index in [1.807, 2.05) is 25.1 Å². The Kier molecular flexibility index (Phi) is 5.98. The molecule has 0 unspecified atom stereocenters. The first-order chi connectivity index (χ1) is 10.7. The largest absolute Gasteiger partial charge is 0.463 e. The fourth-order valence-electron chi connectivity index (χ4n) is 2.46. The lowest BCUT2D eigenvalue weighted by molar-refractivity contribution is 0.0948. The van der Waals surface area contributed by atoms with Gasteiger partial charge < -0.3 is 14.8 Å². The molecule has 1 amide bonds. The fraction of sp³-hybridized carbons (Fsp3) is 0.471. The Hall–Kier alpha value is -1.85. The first kappa shape index (κ1) is 16.5. The van der Waals surface area contributed by atoms with Gasteiger partial charge in [-0.1, -0.05) is 19.9 Å². The first-order valence-electron chi connectivity index (χ1n) is 7.81. The Morgan fingerprint density at radius 1 is 1.32 bits per heavy atom. The van der Waals surface area contributed by atoms with Gasteiger partial charge in [-0.2, -0.15) is 0 Å². The summed E-state index contributed by atoms with van der Waals surface area (Å²) in [5.74, 6) is -0.118. The van der Waals surface area contributed by atoms with Crippen molar-refractivity contribution >= 4 is 16.9 Å². The molecule has 120 valence electrons. The quantitative estimate of drug-likeness (QED) is 0.783. The van der Waals surface area contributed by atoms with Crippen molar-refractivity contribution in [2.24, 2.45) is 0 Å². The van der Waals surface area contributed by atoms with Crippen LogP contribution in [0.2, 0.25) is 0 Å². The van der Waals surface area contributed by atoms with E-state index >= 15 is 0 Å². The monoisotopic (exact) mass is 304 g/mol. The molecule has 0 aliphatic rings. The smallest absolute Gasteiger partial charge is 0.255 e. The molecular formula is C17H24N2O3. The molecule has 22 heavy (non-hydrogen) atoms. The normalized spacial score (nSPS) is 11.3. The maximum Gasteiger partial charge on any atom is 0.255 e. The Labute approximate surface area is 130 Å². The number of hydrogen-bond acceptors (Lipinski definition) is 4. The summed E-state index contributed by atoms with van der Waals surface area (Å²) in [5, 5.41) is 12.7. The van der Waals surface area contributed by atoms with Crippen molar-refractivity contribution in [3.05, 3.63) is 35.6 Å². The maximum atomic E-state index is 12.3. The highest BCUT2D eigenvalue weighted by atomic mass is 16.3. The number of amides is 1. The molecule has 0 aliphatic heterocycles. The molecule has 0 spiro atoms. The lowest BCUT2D eigenvalue weighted by atomic mass is 10.1. The molecule has 2 N–H and O–H groups in total. The van der Waals surface area contributed by atoms with Crippen LogP contribution in [0.5, 0.6) is 0 Å². The number of nitrogens with one attached hydrogen (secondary N) is 1. The van der Waals surface area contributed by atoms with Gasteiger partial charge in [0.25, 0.3) is 5.91 Å². The zero-order valence-electron chi connectivity index (χ0n) is 13.3. The number of fused-ring (bicyclic) bond motifs is 1. The summed E-state index contributed by atoms with van der Waals surface area (Å²) in [6.45, 7) is 7.00. The minimum absolute atomic E-state index is 0.118. The van der Waals surface area contributed by atoms with Crippen LogP contribution < -0.4 is 5.32 Å². The molecule has 1 aromatic carbocycles. The second-order valence-corrected chi connectivity index (χ2v) is 5.25. The number of carbonyl (C=O) groups excluding carboxylic acids is 1. The van der Waals surface area contributed by atoms with Gasteiger partial charge in [-0.05, 0) is 30.7 Å². The Balaban J connectivity index is 2.00. The van der Waals surface area contributed by atoms with E-state index in [9.17, 15) is 4.79 Å². The molecule has 0 bridgehead atoms. The fourth-order valence-corrected chi connectivity index (χ4v) is 2.46. The van der Waals surface area contributed by atoms with Crippen LogP contribution in [-0.4, -0.2) is 48.7 Å². The van der Waals surface area contributed by atoms with E-state index in [-0.39, 0.29) is 12.5 Å². The van der Waals surface area contributed by atoms with Crippen molar-refractivity contribution < 1.29 is 14.3 Å². The van der Waals surface area contributed by atoms with Crippen molar-refractivity contribution in [3.63, 3.8) is 0 Å². The molecule has 0 radical (unpaired) electrons. The molecule has 0 fully saturated rings. The van der Waals surface area contributed by atoms with Crippen LogP contribution in [0.15, 0.2) is 28.9 Å². The van der Waals surface area contributed by atoms with Crippen LogP contribution in [-0.2, 0) is 6.42 Å². The SMILES string of the molecule is CCc1ccc2occ(C(=O)NCCN(CC)CCO)c2c1. The number of benzene rings is 1. The summed E-state index contributed by atoms with van der Waals surface area (Å²) < 4.78 is 5.45. The van der Waals surface area contributed by atoms with Crippen LogP contribution in [0.4, 0.5) is 0 Å². The number of carbonyl (C=O) groups is 1. The third kappa shape index (κ3) is 3.87. The Morgan fingerprint density at radius 3 is 2.82 bits per heavy atom. The predicted molar refractivity (Wildman–Crippen MR) is 87.1 cm³/mol. The summed E-state index contributed by atoms with van der Waals surface area (Å²) >= 11 is 0. The maximum absolute atomic E-state index is 12.3. The molecule has 2 rings (SSSR count). The average Bonchev–Trinajstić information content (AvgIpc) is 2.96. The summed E-state index contributed by atoms with van der Waals surface area (Å²) in [6, 6.07) is 5.93.